The Bertz CT molecular complexity index is 385. The fraction of sp³-hybridized carbons (Fsp3) is 0.600. The molecule has 2 fully saturated rings. The molecule has 0 amide bonds. The summed E-state index contributed by atoms with van der Waals surface area (Å²) in [6, 6.07) is 9.60. The van der Waals surface area contributed by atoms with E-state index < -0.39 is 0 Å². The molecule has 1 saturated heterocycles. The van der Waals surface area contributed by atoms with Gasteiger partial charge in [0.25, 0.3) is 0 Å². The van der Waals surface area contributed by atoms with Crippen molar-refractivity contribution < 1.29 is 0 Å². The summed E-state index contributed by atoms with van der Waals surface area (Å²) in [5, 5.41) is 7.22. The Balaban J connectivity index is 1.54. The van der Waals surface area contributed by atoms with E-state index >= 15 is 0 Å². The summed E-state index contributed by atoms with van der Waals surface area (Å²) in [5.74, 6) is 1.73. The molecule has 2 atom stereocenters. The Morgan fingerprint density at radius 3 is 2.39 bits per heavy atom. The van der Waals surface area contributed by atoms with Crippen molar-refractivity contribution in [2.24, 2.45) is 11.8 Å². The number of hydrogen-bond donors (Lipinski definition) is 2. The van der Waals surface area contributed by atoms with Gasteiger partial charge >= 0.3 is 0 Å². The van der Waals surface area contributed by atoms with Crippen LogP contribution in [0.3, 0.4) is 0 Å². The van der Waals surface area contributed by atoms with Gasteiger partial charge in [0.15, 0.2) is 0 Å². The Morgan fingerprint density at radius 1 is 1.17 bits per heavy atom. The van der Waals surface area contributed by atoms with Gasteiger partial charge in [0.2, 0.25) is 0 Å². The van der Waals surface area contributed by atoms with Crippen LogP contribution in [0, 0.1) is 11.8 Å². The first-order valence-corrected chi connectivity index (χ1v) is 6.94. The number of hydrogen-bond acceptors (Lipinski definition) is 3. The SMILES string of the molecule is CN(C)c1ccc(CNC2C3CNCC2C3)cc1. The molecular weight excluding hydrogens is 222 g/mol. The Morgan fingerprint density at radius 2 is 1.83 bits per heavy atom. The van der Waals surface area contributed by atoms with Crippen LogP contribution in [0.5, 0.6) is 0 Å². The fourth-order valence-electron chi connectivity index (χ4n) is 3.23. The fourth-order valence-corrected chi connectivity index (χ4v) is 3.23. The second-order valence-corrected chi connectivity index (χ2v) is 5.88. The predicted octanol–water partition coefficient (Wildman–Crippen LogP) is 1.45. The maximum absolute atomic E-state index is 3.73. The minimum Gasteiger partial charge on any atom is -0.378 e. The summed E-state index contributed by atoms with van der Waals surface area (Å²) in [6.07, 6.45) is 1.42. The molecule has 1 aliphatic heterocycles. The summed E-state index contributed by atoms with van der Waals surface area (Å²) in [5.41, 5.74) is 2.65. The lowest BCUT2D eigenvalue weighted by Crippen LogP contribution is -2.62. The molecule has 1 aromatic rings. The third-order valence-electron chi connectivity index (χ3n) is 4.43. The van der Waals surface area contributed by atoms with Crippen molar-refractivity contribution in [2.45, 2.75) is 19.0 Å². The molecule has 1 aliphatic carbocycles. The molecule has 1 saturated carbocycles. The van der Waals surface area contributed by atoms with E-state index in [2.05, 4.69) is 53.9 Å². The van der Waals surface area contributed by atoms with Gasteiger partial charge in [-0.1, -0.05) is 12.1 Å². The van der Waals surface area contributed by atoms with Crippen LogP contribution in [0.2, 0.25) is 0 Å². The van der Waals surface area contributed by atoms with Crippen molar-refractivity contribution in [3.63, 3.8) is 0 Å². The van der Waals surface area contributed by atoms with Crippen LogP contribution in [-0.2, 0) is 6.54 Å². The quantitative estimate of drug-likeness (QED) is 0.841. The van der Waals surface area contributed by atoms with Gasteiger partial charge in [-0.25, -0.2) is 0 Å². The van der Waals surface area contributed by atoms with E-state index in [1.807, 2.05) is 0 Å². The molecule has 3 rings (SSSR count). The average Bonchev–Trinajstić information content (AvgIpc) is 2.40. The Kier molecular flexibility index (Phi) is 3.27. The van der Waals surface area contributed by atoms with E-state index in [1.165, 1.54) is 30.8 Å². The predicted molar refractivity (Wildman–Crippen MR) is 75.9 cm³/mol. The van der Waals surface area contributed by atoms with Gasteiger partial charge in [-0.2, -0.15) is 0 Å². The smallest absolute Gasteiger partial charge is 0.0361 e. The number of nitrogens with one attached hydrogen (secondary N) is 2. The number of benzene rings is 1. The van der Waals surface area contributed by atoms with Crippen molar-refractivity contribution >= 4 is 5.69 Å². The normalized spacial score (nSPS) is 29.8. The van der Waals surface area contributed by atoms with Gasteiger partial charge in [0.1, 0.15) is 0 Å². The van der Waals surface area contributed by atoms with Gasteiger partial charge in [0, 0.05) is 32.4 Å². The highest BCUT2D eigenvalue weighted by molar-refractivity contribution is 5.45. The molecule has 2 bridgehead atoms. The number of anilines is 1. The van der Waals surface area contributed by atoms with E-state index in [0.717, 1.165) is 24.4 Å². The Labute approximate surface area is 110 Å². The highest BCUT2D eigenvalue weighted by atomic mass is 15.1. The molecule has 0 spiro atoms. The second kappa shape index (κ2) is 4.90. The molecule has 0 aromatic heterocycles. The van der Waals surface area contributed by atoms with Crippen LogP contribution in [0.4, 0.5) is 5.69 Å². The lowest BCUT2D eigenvalue weighted by atomic mass is 9.67. The van der Waals surface area contributed by atoms with E-state index in [1.54, 1.807) is 0 Å². The molecule has 18 heavy (non-hydrogen) atoms. The van der Waals surface area contributed by atoms with Gasteiger partial charge in [-0.05, 0) is 49.0 Å². The first-order chi connectivity index (χ1) is 8.74. The van der Waals surface area contributed by atoms with Gasteiger partial charge < -0.3 is 15.5 Å². The van der Waals surface area contributed by atoms with Crippen LogP contribution < -0.4 is 15.5 Å². The molecule has 3 nitrogen and oxygen atoms in total. The van der Waals surface area contributed by atoms with Crippen molar-refractivity contribution in [1.29, 1.82) is 0 Å². The standard InChI is InChI=1S/C15H23N3/c1-18(2)14-5-3-11(4-6-14)8-17-15-12-7-13(15)10-16-9-12/h3-6,12-13,15-17H,7-10H2,1-2H3. The average molecular weight is 245 g/mol. The summed E-state index contributed by atoms with van der Waals surface area (Å²) < 4.78 is 0. The third kappa shape index (κ3) is 2.25. The van der Waals surface area contributed by atoms with Crippen molar-refractivity contribution in [3.05, 3.63) is 29.8 Å². The van der Waals surface area contributed by atoms with Gasteiger partial charge in [-0.15, -0.1) is 0 Å². The van der Waals surface area contributed by atoms with Crippen molar-refractivity contribution in [1.82, 2.24) is 10.6 Å². The molecule has 98 valence electrons. The minimum atomic E-state index is 0.750. The topological polar surface area (TPSA) is 27.3 Å². The molecule has 1 heterocycles. The van der Waals surface area contributed by atoms with Crippen LogP contribution >= 0.6 is 0 Å². The zero-order valence-corrected chi connectivity index (χ0v) is 11.3. The van der Waals surface area contributed by atoms with Crippen LogP contribution in [0.1, 0.15) is 12.0 Å². The van der Waals surface area contributed by atoms with Crippen LogP contribution in [-0.4, -0.2) is 33.2 Å². The lowest BCUT2D eigenvalue weighted by Gasteiger charge is -2.50. The van der Waals surface area contributed by atoms with E-state index in [0.29, 0.717) is 0 Å². The van der Waals surface area contributed by atoms with E-state index in [4.69, 9.17) is 0 Å². The summed E-state index contributed by atoms with van der Waals surface area (Å²) in [7, 11) is 4.16. The second-order valence-electron chi connectivity index (χ2n) is 5.88. The molecule has 2 aliphatic rings. The number of fused-ring (bicyclic) bond motifs is 2. The van der Waals surface area contributed by atoms with Crippen molar-refractivity contribution in [3.8, 4) is 0 Å². The molecule has 2 N–H and O–H groups in total. The first-order valence-electron chi connectivity index (χ1n) is 6.94. The third-order valence-corrected chi connectivity index (χ3v) is 4.43. The Hall–Kier alpha value is -1.06. The zero-order chi connectivity index (χ0) is 12.5. The minimum absolute atomic E-state index is 0.750. The van der Waals surface area contributed by atoms with Crippen LogP contribution in [0.25, 0.3) is 0 Å². The van der Waals surface area contributed by atoms with E-state index in [-0.39, 0.29) is 0 Å². The maximum atomic E-state index is 3.73. The van der Waals surface area contributed by atoms with Crippen LogP contribution in [0.15, 0.2) is 24.3 Å². The molecule has 1 aromatic carbocycles. The molecular formula is C15H23N3. The lowest BCUT2D eigenvalue weighted by molar-refractivity contribution is 0.0657. The summed E-state index contributed by atoms with van der Waals surface area (Å²) in [6.45, 7) is 3.41. The number of piperidine rings is 2. The van der Waals surface area contributed by atoms with Gasteiger partial charge in [0.05, 0.1) is 0 Å². The monoisotopic (exact) mass is 245 g/mol. The number of nitrogens with zero attached hydrogens (tertiary/aromatic N) is 1. The van der Waals surface area contributed by atoms with Crippen molar-refractivity contribution in [2.75, 3.05) is 32.1 Å². The number of rotatable bonds is 4. The van der Waals surface area contributed by atoms with Gasteiger partial charge in [-0.3, -0.25) is 0 Å². The summed E-state index contributed by atoms with van der Waals surface area (Å²) in [4.78, 5) is 2.14. The molecule has 3 heteroatoms. The van der Waals surface area contributed by atoms with E-state index in [9.17, 15) is 0 Å². The largest absolute Gasteiger partial charge is 0.378 e. The zero-order valence-electron chi connectivity index (χ0n) is 11.3. The molecule has 0 radical (unpaired) electrons. The summed E-state index contributed by atoms with van der Waals surface area (Å²) >= 11 is 0. The highest BCUT2D eigenvalue weighted by Crippen LogP contribution is 2.36. The highest BCUT2D eigenvalue weighted by Gasteiger charge is 2.42. The first kappa shape index (κ1) is 12.0. The maximum Gasteiger partial charge on any atom is 0.0361 e. The molecule has 2 unspecified atom stereocenters.